The van der Waals surface area contributed by atoms with E-state index in [9.17, 15) is 9.59 Å². The molecule has 0 spiro atoms. The second kappa shape index (κ2) is 5.84. The zero-order valence-electron chi connectivity index (χ0n) is 10.6. The van der Waals surface area contributed by atoms with Gasteiger partial charge in [-0.2, -0.15) is 0 Å². The lowest BCUT2D eigenvalue weighted by molar-refractivity contribution is -0.143. The van der Waals surface area contributed by atoms with Crippen molar-refractivity contribution < 1.29 is 19.8 Å². The first kappa shape index (κ1) is 13.5. The van der Waals surface area contributed by atoms with Crippen LogP contribution < -0.4 is 0 Å². The van der Waals surface area contributed by atoms with Crippen LogP contribution >= 0.6 is 0 Å². The van der Waals surface area contributed by atoms with Crippen LogP contribution in [0, 0.1) is 5.92 Å². The summed E-state index contributed by atoms with van der Waals surface area (Å²) in [5.74, 6) is -1.45. The van der Waals surface area contributed by atoms with E-state index >= 15 is 0 Å². The van der Waals surface area contributed by atoms with E-state index in [4.69, 9.17) is 10.2 Å². The Bertz CT molecular complexity index is 469. The Kier molecular flexibility index (Phi) is 4.16. The molecular weight excluding hydrogens is 246 g/mol. The summed E-state index contributed by atoms with van der Waals surface area (Å²) in [5.41, 5.74) is 1.28. The molecule has 1 saturated heterocycles. The summed E-state index contributed by atoms with van der Waals surface area (Å²) in [6.07, 6.45) is 1.35. The summed E-state index contributed by atoms with van der Waals surface area (Å²) in [6, 6.07) is 6.73. The van der Waals surface area contributed by atoms with E-state index < -0.39 is 11.9 Å². The number of hydrogen-bond donors (Lipinski definition) is 2. The van der Waals surface area contributed by atoms with Crippen molar-refractivity contribution in [3.8, 4) is 0 Å². The highest BCUT2D eigenvalue weighted by Gasteiger charge is 2.28. The number of amides is 1. The maximum atomic E-state index is 12.2. The maximum Gasteiger partial charge on any atom is 0.308 e. The molecule has 1 aromatic rings. The molecular formula is C14H17NO4. The number of hydrogen-bond acceptors (Lipinski definition) is 3. The molecule has 0 saturated carbocycles. The Morgan fingerprint density at radius 2 is 1.95 bits per heavy atom. The van der Waals surface area contributed by atoms with E-state index in [0.717, 1.165) is 12.0 Å². The van der Waals surface area contributed by atoms with Crippen LogP contribution in [0.1, 0.15) is 28.8 Å². The summed E-state index contributed by atoms with van der Waals surface area (Å²) in [7, 11) is 0. The molecule has 1 aliphatic rings. The summed E-state index contributed by atoms with van der Waals surface area (Å²) < 4.78 is 0. The van der Waals surface area contributed by atoms with Gasteiger partial charge in [0.15, 0.2) is 0 Å². The molecule has 2 rings (SSSR count). The number of aliphatic hydroxyl groups is 1. The number of carbonyl (C=O) groups is 2. The van der Waals surface area contributed by atoms with Gasteiger partial charge in [-0.1, -0.05) is 12.1 Å². The number of carboxylic acid groups (broad SMARTS) is 1. The minimum absolute atomic E-state index is 0.0563. The van der Waals surface area contributed by atoms with Crippen molar-refractivity contribution in [1.82, 2.24) is 4.90 Å². The van der Waals surface area contributed by atoms with Crippen molar-refractivity contribution in [2.45, 2.75) is 19.4 Å². The molecule has 0 aromatic heterocycles. The second-order valence-electron chi connectivity index (χ2n) is 4.78. The molecule has 1 amide bonds. The van der Waals surface area contributed by atoms with Crippen LogP contribution in [-0.4, -0.2) is 40.1 Å². The highest BCUT2D eigenvalue weighted by atomic mass is 16.4. The Hall–Kier alpha value is -1.88. The molecule has 5 heteroatoms. The van der Waals surface area contributed by atoms with Crippen LogP contribution in [0.3, 0.4) is 0 Å². The quantitative estimate of drug-likeness (QED) is 0.856. The van der Waals surface area contributed by atoms with Gasteiger partial charge in [0.05, 0.1) is 12.5 Å². The number of aliphatic carboxylic acids is 1. The Morgan fingerprint density at radius 3 is 2.53 bits per heavy atom. The molecule has 0 aliphatic carbocycles. The van der Waals surface area contributed by atoms with Gasteiger partial charge in [0.2, 0.25) is 0 Å². The zero-order valence-corrected chi connectivity index (χ0v) is 10.6. The fourth-order valence-corrected chi connectivity index (χ4v) is 2.30. The molecule has 2 N–H and O–H groups in total. The largest absolute Gasteiger partial charge is 0.481 e. The third-order valence-electron chi connectivity index (χ3n) is 3.44. The number of likely N-dealkylation sites (tertiary alicyclic amines) is 1. The van der Waals surface area contributed by atoms with Crippen molar-refractivity contribution in [2.24, 2.45) is 5.92 Å². The third-order valence-corrected chi connectivity index (χ3v) is 3.44. The maximum absolute atomic E-state index is 12.2. The minimum Gasteiger partial charge on any atom is -0.481 e. The number of aliphatic hydroxyl groups excluding tert-OH is 1. The van der Waals surface area contributed by atoms with Crippen LogP contribution in [0.15, 0.2) is 24.3 Å². The predicted octanol–water partition coefficient (Wildman–Crippen LogP) is 1.12. The second-order valence-corrected chi connectivity index (χ2v) is 4.78. The molecule has 0 radical (unpaired) electrons. The summed E-state index contributed by atoms with van der Waals surface area (Å²) in [5, 5.41) is 18.0. The summed E-state index contributed by atoms with van der Waals surface area (Å²) in [4.78, 5) is 24.8. The van der Waals surface area contributed by atoms with Gasteiger partial charge in [-0.15, -0.1) is 0 Å². The number of nitrogens with zero attached hydrogens (tertiary/aromatic N) is 1. The van der Waals surface area contributed by atoms with Gasteiger partial charge in [0.1, 0.15) is 0 Å². The topological polar surface area (TPSA) is 77.8 Å². The first-order valence-electron chi connectivity index (χ1n) is 6.33. The van der Waals surface area contributed by atoms with Gasteiger partial charge in [-0.25, -0.2) is 0 Å². The van der Waals surface area contributed by atoms with Gasteiger partial charge in [-0.3, -0.25) is 9.59 Å². The number of carbonyl (C=O) groups excluding carboxylic acids is 1. The molecule has 19 heavy (non-hydrogen) atoms. The van der Waals surface area contributed by atoms with Crippen LogP contribution in [-0.2, 0) is 11.4 Å². The highest BCUT2D eigenvalue weighted by molar-refractivity contribution is 5.94. The molecule has 1 aromatic carbocycles. The van der Waals surface area contributed by atoms with Gasteiger partial charge in [0, 0.05) is 18.7 Å². The average molecular weight is 263 g/mol. The first-order valence-corrected chi connectivity index (χ1v) is 6.33. The first-order chi connectivity index (χ1) is 9.11. The fraction of sp³-hybridized carbons (Fsp3) is 0.429. The fourth-order valence-electron chi connectivity index (χ4n) is 2.30. The van der Waals surface area contributed by atoms with Crippen LogP contribution in [0.4, 0.5) is 0 Å². The zero-order chi connectivity index (χ0) is 13.8. The van der Waals surface area contributed by atoms with E-state index in [1.54, 1.807) is 29.2 Å². The van der Waals surface area contributed by atoms with Crippen molar-refractivity contribution in [1.29, 1.82) is 0 Å². The van der Waals surface area contributed by atoms with Crippen LogP contribution in [0.2, 0.25) is 0 Å². The molecule has 1 fully saturated rings. The van der Waals surface area contributed by atoms with Crippen LogP contribution in [0.5, 0.6) is 0 Å². The predicted molar refractivity (Wildman–Crippen MR) is 68.6 cm³/mol. The van der Waals surface area contributed by atoms with E-state index in [1.807, 2.05) is 0 Å². The van der Waals surface area contributed by atoms with Gasteiger partial charge in [0.25, 0.3) is 5.91 Å². The molecule has 102 valence electrons. The number of piperidine rings is 1. The lowest BCUT2D eigenvalue weighted by Crippen LogP contribution is -2.42. The normalized spacial score (nSPS) is 19.2. The Labute approximate surface area is 111 Å². The van der Waals surface area contributed by atoms with Crippen molar-refractivity contribution in [3.05, 3.63) is 35.4 Å². The Morgan fingerprint density at radius 1 is 1.26 bits per heavy atom. The smallest absolute Gasteiger partial charge is 0.308 e. The third kappa shape index (κ3) is 3.12. The van der Waals surface area contributed by atoms with E-state index in [2.05, 4.69) is 0 Å². The van der Waals surface area contributed by atoms with Crippen molar-refractivity contribution in [3.63, 3.8) is 0 Å². The lowest BCUT2D eigenvalue weighted by Gasteiger charge is -2.30. The number of rotatable bonds is 3. The van der Waals surface area contributed by atoms with Gasteiger partial charge < -0.3 is 15.1 Å². The molecule has 0 unspecified atom stereocenters. The molecule has 5 nitrogen and oxygen atoms in total. The van der Waals surface area contributed by atoms with Gasteiger partial charge >= 0.3 is 5.97 Å². The Balaban J connectivity index is 2.07. The summed E-state index contributed by atoms with van der Waals surface area (Å²) in [6.45, 7) is 0.819. The van der Waals surface area contributed by atoms with Crippen molar-refractivity contribution >= 4 is 11.9 Å². The average Bonchev–Trinajstić information content (AvgIpc) is 2.46. The number of benzene rings is 1. The van der Waals surface area contributed by atoms with Crippen molar-refractivity contribution in [2.75, 3.05) is 13.1 Å². The highest BCUT2D eigenvalue weighted by Crippen LogP contribution is 2.19. The SMILES string of the molecule is O=C(O)[C@H]1CCCN(C(=O)c2ccc(CO)cc2)C1. The van der Waals surface area contributed by atoms with Crippen LogP contribution in [0.25, 0.3) is 0 Å². The number of carboxylic acids is 1. The van der Waals surface area contributed by atoms with Gasteiger partial charge in [-0.05, 0) is 30.5 Å². The summed E-state index contributed by atoms with van der Waals surface area (Å²) >= 11 is 0. The van der Waals surface area contributed by atoms with E-state index in [0.29, 0.717) is 18.5 Å². The van der Waals surface area contributed by atoms with E-state index in [-0.39, 0.29) is 19.1 Å². The van der Waals surface area contributed by atoms with E-state index in [1.165, 1.54) is 0 Å². The standard InChI is InChI=1S/C14H17NO4/c16-9-10-3-5-11(6-4-10)13(17)15-7-1-2-12(8-15)14(18)19/h3-6,12,16H,1-2,7-9H2,(H,18,19)/t12-/m0/s1. The molecule has 0 bridgehead atoms. The molecule has 1 aliphatic heterocycles. The minimum atomic E-state index is -0.840. The monoisotopic (exact) mass is 263 g/mol. The lowest BCUT2D eigenvalue weighted by atomic mass is 9.97. The molecule has 1 atom stereocenters. The molecule has 1 heterocycles.